The SMILES string of the molecule is CC(C(=O)OC1CCC1)c1nc(N)c(C=N)c(-c2ccc3c(c2)OCO3)c1C1=NC1. The Morgan fingerprint density at radius 1 is 1.30 bits per heavy atom. The molecule has 3 aliphatic rings. The second kappa shape index (κ2) is 7.12. The van der Waals surface area contributed by atoms with Gasteiger partial charge >= 0.3 is 5.97 Å². The molecule has 2 aromatic rings. The molecule has 0 bridgehead atoms. The number of esters is 1. The molecule has 1 aromatic heterocycles. The van der Waals surface area contributed by atoms with E-state index >= 15 is 0 Å². The smallest absolute Gasteiger partial charge is 0.315 e. The molecule has 1 aliphatic carbocycles. The summed E-state index contributed by atoms with van der Waals surface area (Å²) < 4.78 is 16.6. The maximum Gasteiger partial charge on any atom is 0.315 e. The van der Waals surface area contributed by atoms with Crippen LogP contribution in [-0.4, -0.2) is 42.3 Å². The van der Waals surface area contributed by atoms with Crippen molar-refractivity contribution in [3.63, 3.8) is 0 Å². The van der Waals surface area contributed by atoms with Crippen LogP contribution in [0.5, 0.6) is 11.5 Å². The summed E-state index contributed by atoms with van der Waals surface area (Å²) in [5, 5.41) is 7.94. The Balaban J connectivity index is 1.64. The van der Waals surface area contributed by atoms with Gasteiger partial charge in [0.25, 0.3) is 0 Å². The first-order valence-electron chi connectivity index (χ1n) is 10.0. The normalized spacial score (nSPS) is 17.7. The molecule has 1 fully saturated rings. The lowest BCUT2D eigenvalue weighted by Crippen LogP contribution is -2.28. The Kier molecular flexibility index (Phi) is 4.42. The zero-order chi connectivity index (χ0) is 20.8. The van der Waals surface area contributed by atoms with Crippen LogP contribution in [0.1, 0.15) is 48.9 Å². The Labute approximate surface area is 173 Å². The van der Waals surface area contributed by atoms with E-state index < -0.39 is 5.92 Å². The Morgan fingerprint density at radius 3 is 2.73 bits per heavy atom. The molecule has 3 N–H and O–H groups in total. The van der Waals surface area contributed by atoms with Gasteiger partial charge in [-0.25, -0.2) is 4.98 Å². The number of nitrogen functional groups attached to an aromatic ring is 1. The van der Waals surface area contributed by atoms with Gasteiger partial charge < -0.3 is 25.4 Å². The summed E-state index contributed by atoms with van der Waals surface area (Å²) in [5.74, 6) is 0.578. The van der Waals surface area contributed by atoms with Crippen molar-refractivity contribution in [3.05, 3.63) is 35.0 Å². The summed E-state index contributed by atoms with van der Waals surface area (Å²) in [6.07, 6.45) is 4.08. The van der Waals surface area contributed by atoms with Gasteiger partial charge in [-0.05, 0) is 43.9 Å². The van der Waals surface area contributed by atoms with Crippen molar-refractivity contribution in [3.8, 4) is 22.6 Å². The Morgan fingerprint density at radius 2 is 2.07 bits per heavy atom. The minimum atomic E-state index is -0.598. The van der Waals surface area contributed by atoms with Crippen molar-refractivity contribution in [2.24, 2.45) is 4.99 Å². The highest BCUT2D eigenvalue weighted by Gasteiger charge is 2.33. The monoisotopic (exact) mass is 406 g/mol. The number of carbonyl (C=O) groups is 1. The summed E-state index contributed by atoms with van der Waals surface area (Å²) in [6.45, 7) is 2.52. The van der Waals surface area contributed by atoms with Crippen LogP contribution in [0.15, 0.2) is 23.2 Å². The van der Waals surface area contributed by atoms with Crippen molar-refractivity contribution in [1.82, 2.24) is 4.98 Å². The van der Waals surface area contributed by atoms with Gasteiger partial charge in [0, 0.05) is 22.9 Å². The number of nitrogens with one attached hydrogen (secondary N) is 1. The van der Waals surface area contributed by atoms with E-state index in [1.165, 1.54) is 6.21 Å². The molecular formula is C22H22N4O4. The molecule has 2 aliphatic heterocycles. The van der Waals surface area contributed by atoms with Gasteiger partial charge in [0.1, 0.15) is 11.9 Å². The van der Waals surface area contributed by atoms with E-state index in [1.807, 2.05) is 18.2 Å². The fraction of sp³-hybridized carbons (Fsp3) is 0.364. The first-order chi connectivity index (χ1) is 14.6. The number of ether oxygens (including phenoxy) is 3. The highest BCUT2D eigenvalue weighted by atomic mass is 16.7. The van der Waals surface area contributed by atoms with E-state index in [9.17, 15) is 4.79 Å². The molecule has 0 saturated heterocycles. The molecule has 0 radical (unpaired) electrons. The van der Waals surface area contributed by atoms with Crippen LogP contribution >= 0.6 is 0 Å². The second-order valence-corrected chi connectivity index (χ2v) is 7.73. The number of benzene rings is 1. The number of aromatic nitrogens is 1. The number of rotatable bonds is 6. The van der Waals surface area contributed by atoms with E-state index in [0.29, 0.717) is 29.3 Å². The molecule has 1 atom stereocenters. The molecule has 8 nitrogen and oxygen atoms in total. The molecule has 3 heterocycles. The third-order valence-electron chi connectivity index (χ3n) is 5.80. The van der Waals surface area contributed by atoms with E-state index in [4.69, 9.17) is 25.4 Å². The highest BCUT2D eigenvalue weighted by molar-refractivity contribution is 6.18. The predicted octanol–water partition coefficient (Wildman–Crippen LogP) is 3.06. The zero-order valence-electron chi connectivity index (χ0n) is 16.6. The molecular weight excluding hydrogens is 384 g/mol. The summed E-state index contributed by atoms with van der Waals surface area (Å²) in [6, 6.07) is 5.58. The molecule has 5 rings (SSSR count). The van der Waals surface area contributed by atoms with E-state index in [1.54, 1.807) is 6.92 Å². The number of carbonyl (C=O) groups excluding carboxylic acids is 1. The topological polar surface area (TPSA) is 120 Å². The van der Waals surface area contributed by atoms with Crippen LogP contribution in [0.2, 0.25) is 0 Å². The molecule has 154 valence electrons. The van der Waals surface area contributed by atoms with Gasteiger partial charge in [-0.3, -0.25) is 9.79 Å². The number of nitrogens with zero attached hydrogens (tertiary/aromatic N) is 2. The molecule has 0 amide bonds. The van der Waals surface area contributed by atoms with Crippen molar-refractivity contribution >= 4 is 23.7 Å². The lowest BCUT2D eigenvalue weighted by Gasteiger charge is -2.27. The largest absolute Gasteiger partial charge is 0.462 e. The van der Waals surface area contributed by atoms with Gasteiger partial charge in [-0.2, -0.15) is 0 Å². The Hall–Kier alpha value is -3.42. The van der Waals surface area contributed by atoms with Crippen LogP contribution in [0, 0.1) is 5.41 Å². The minimum absolute atomic E-state index is 0.00630. The van der Waals surface area contributed by atoms with Crippen LogP contribution in [-0.2, 0) is 9.53 Å². The first kappa shape index (κ1) is 18.6. The van der Waals surface area contributed by atoms with E-state index in [-0.39, 0.29) is 24.7 Å². The number of aliphatic imine (C=N–C) groups is 1. The average molecular weight is 406 g/mol. The number of nitrogens with two attached hydrogens (primary N) is 1. The van der Waals surface area contributed by atoms with Gasteiger partial charge in [0.2, 0.25) is 6.79 Å². The van der Waals surface area contributed by atoms with E-state index in [0.717, 1.165) is 41.7 Å². The number of fused-ring (bicyclic) bond motifs is 1. The summed E-state index contributed by atoms with van der Waals surface area (Å²) in [4.78, 5) is 21.7. The maximum atomic E-state index is 12.8. The number of hydrogen-bond donors (Lipinski definition) is 2. The third-order valence-corrected chi connectivity index (χ3v) is 5.80. The van der Waals surface area contributed by atoms with Crippen LogP contribution in [0.25, 0.3) is 11.1 Å². The second-order valence-electron chi connectivity index (χ2n) is 7.73. The van der Waals surface area contributed by atoms with Crippen molar-refractivity contribution in [2.45, 2.75) is 38.2 Å². The van der Waals surface area contributed by atoms with Crippen LogP contribution in [0.3, 0.4) is 0 Å². The van der Waals surface area contributed by atoms with Gasteiger partial charge in [0.05, 0.1) is 23.9 Å². The van der Waals surface area contributed by atoms with Crippen LogP contribution < -0.4 is 15.2 Å². The lowest BCUT2D eigenvalue weighted by molar-refractivity contribution is -0.154. The quantitative estimate of drug-likeness (QED) is 0.562. The summed E-state index contributed by atoms with van der Waals surface area (Å²) in [7, 11) is 0. The van der Waals surface area contributed by atoms with E-state index in [2.05, 4.69) is 9.98 Å². The highest BCUT2D eigenvalue weighted by Crippen LogP contribution is 2.41. The number of pyridine rings is 1. The fourth-order valence-corrected chi connectivity index (χ4v) is 3.80. The summed E-state index contributed by atoms with van der Waals surface area (Å²) >= 11 is 0. The van der Waals surface area contributed by atoms with Crippen molar-refractivity contribution in [2.75, 3.05) is 19.1 Å². The maximum absolute atomic E-state index is 12.8. The predicted molar refractivity (Wildman–Crippen MR) is 112 cm³/mol. The van der Waals surface area contributed by atoms with Crippen molar-refractivity contribution in [1.29, 1.82) is 5.41 Å². The molecule has 1 saturated carbocycles. The average Bonchev–Trinajstić information content (AvgIpc) is 3.45. The standard InChI is InChI=1S/C22H22N4O4/c1-11(22(27)30-13-3-2-4-13)20-19(15-9-25-15)18(14(8-23)21(24)26-20)12-5-6-16-17(7-12)29-10-28-16/h5-8,11,13,23H,2-4,9-10H2,1H3,(H2,24,26). The third kappa shape index (κ3) is 3.08. The molecule has 1 aromatic carbocycles. The van der Waals surface area contributed by atoms with Gasteiger partial charge in [-0.1, -0.05) is 6.07 Å². The number of hydrogen-bond acceptors (Lipinski definition) is 8. The Bertz CT molecular complexity index is 1090. The lowest BCUT2D eigenvalue weighted by atomic mass is 9.88. The molecule has 30 heavy (non-hydrogen) atoms. The van der Waals surface area contributed by atoms with Crippen molar-refractivity contribution < 1.29 is 19.0 Å². The fourth-order valence-electron chi connectivity index (χ4n) is 3.80. The first-order valence-corrected chi connectivity index (χ1v) is 10.0. The zero-order valence-corrected chi connectivity index (χ0v) is 16.6. The molecule has 1 unspecified atom stereocenters. The number of anilines is 1. The molecule has 8 heteroatoms. The van der Waals surface area contributed by atoms with Crippen LogP contribution in [0.4, 0.5) is 5.82 Å². The molecule has 0 spiro atoms. The summed E-state index contributed by atoms with van der Waals surface area (Å²) in [5.41, 5.74) is 10.4. The minimum Gasteiger partial charge on any atom is -0.462 e. The van der Waals surface area contributed by atoms with Gasteiger partial charge in [-0.15, -0.1) is 0 Å². The van der Waals surface area contributed by atoms with Gasteiger partial charge in [0.15, 0.2) is 11.5 Å².